The Balaban J connectivity index is 2.40. The lowest BCUT2D eigenvalue weighted by Gasteiger charge is -2.08. The summed E-state index contributed by atoms with van der Waals surface area (Å²) in [7, 11) is 0. The number of hydrogen-bond acceptors (Lipinski definition) is 4. The SMILES string of the molecule is NC(=S)c1ccnnc1Oc1cccc(Cl)c1F. The maximum atomic E-state index is 13.7. The fourth-order valence-electron chi connectivity index (χ4n) is 1.25. The molecule has 0 aliphatic heterocycles. The predicted octanol–water partition coefficient (Wildman–Crippen LogP) is 2.70. The van der Waals surface area contributed by atoms with Crippen molar-refractivity contribution >= 4 is 28.8 Å². The van der Waals surface area contributed by atoms with Crippen molar-refractivity contribution in [2.45, 2.75) is 0 Å². The Kier molecular flexibility index (Phi) is 3.69. The average molecular weight is 284 g/mol. The van der Waals surface area contributed by atoms with Crippen molar-refractivity contribution < 1.29 is 9.13 Å². The molecular formula is C11H7ClFN3OS. The van der Waals surface area contributed by atoms with Crippen LogP contribution in [0.25, 0.3) is 0 Å². The van der Waals surface area contributed by atoms with Gasteiger partial charge >= 0.3 is 0 Å². The molecule has 4 nitrogen and oxygen atoms in total. The molecule has 92 valence electrons. The van der Waals surface area contributed by atoms with Gasteiger partial charge in [-0.3, -0.25) is 0 Å². The highest BCUT2D eigenvalue weighted by Crippen LogP contribution is 2.28. The Morgan fingerprint density at radius 1 is 1.39 bits per heavy atom. The zero-order chi connectivity index (χ0) is 13.1. The second kappa shape index (κ2) is 5.24. The van der Waals surface area contributed by atoms with Crippen LogP contribution in [-0.2, 0) is 0 Å². The molecule has 2 rings (SSSR count). The summed E-state index contributed by atoms with van der Waals surface area (Å²) in [5, 5.41) is 7.30. The molecular weight excluding hydrogens is 277 g/mol. The van der Waals surface area contributed by atoms with Crippen LogP contribution >= 0.6 is 23.8 Å². The van der Waals surface area contributed by atoms with Crippen LogP contribution in [-0.4, -0.2) is 15.2 Å². The number of ether oxygens (including phenoxy) is 1. The number of rotatable bonds is 3. The largest absolute Gasteiger partial charge is 0.434 e. The van der Waals surface area contributed by atoms with E-state index < -0.39 is 5.82 Å². The van der Waals surface area contributed by atoms with Crippen LogP contribution in [0.2, 0.25) is 5.02 Å². The molecule has 0 saturated heterocycles. The molecule has 0 aliphatic rings. The molecule has 0 spiro atoms. The second-order valence-electron chi connectivity index (χ2n) is 3.27. The molecule has 2 N–H and O–H groups in total. The van der Waals surface area contributed by atoms with Crippen molar-refractivity contribution in [2.24, 2.45) is 5.73 Å². The minimum absolute atomic E-state index is 0.0335. The molecule has 0 bridgehead atoms. The van der Waals surface area contributed by atoms with Crippen molar-refractivity contribution in [2.75, 3.05) is 0 Å². The van der Waals surface area contributed by atoms with Crippen molar-refractivity contribution in [1.29, 1.82) is 0 Å². The molecule has 2 aromatic rings. The van der Waals surface area contributed by atoms with E-state index in [9.17, 15) is 4.39 Å². The maximum Gasteiger partial charge on any atom is 0.249 e. The fourth-order valence-corrected chi connectivity index (χ4v) is 1.57. The van der Waals surface area contributed by atoms with E-state index in [4.69, 9.17) is 34.3 Å². The molecule has 0 aliphatic carbocycles. The summed E-state index contributed by atoms with van der Waals surface area (Å²) in [6.07, 6.45) is 1.41. The Bertz CT molecular complexity index is 609. The van der Waals surface area contributed by atoms with E-state index in [2.05, 4.69) is 10.2 Å². The van der Waals surface area contributed by atoms with Crippen LogP contribution in [0.1, 0.15) is 5.56 Å². The van der Waals surface area contributed by atoms with Gasteiger partial charge in [-0.15, -0.1) is 5.10 Å². The summed E-state index contributed by atoms with van der Waals surface area (Å²) in [6.45, 7) is 0. The predicted molar refractivity (Wildman–Crippen MR) is 69.4 cm³/mol. The minimum atomic E-state index is -0.682. The summed E-state index contributed by atoms with van der Waals surface area (Å²) in [6, 6.07) is 5.92. The number of nitrogens with two attached hydrogens (primary N) is 1. The van der Waals surface area contributed by atoms with Crippen molar-refractivity contribution in [1.82, 2.24) is 10.2 Å². The number of halogens is 2. The number of nitrogens with zero attached hydrogens (tertiary/aromatic N) is 2. The van der Waals surface area contributed by atoms with Gasteiger partial charge in [0.1, 0.15) is 4.99 Å². The van der Waals surface area contributed by atoms with E-state index in [-0.39, 0.29) is 21.6 Å². The van der Waals surface area contributed by atoms with Crippen LogP contribution < -0.4 is 10.5 Å². The molecule has 0 amide bonds. The Morgan fingerprint density at radius 3 is 2.89 bits per heavy atom. The molecule has 0 saturated carbocycles. The first-order valence-corrected chi connectivity index (χ1v) is 5.61. The highest BCUT2D eigenvalue weighted by atomic mass is 35.5. The van der Waals surface area contributed by atoms with Gasteiger partial charge in [-0.2, -0.15) is 5.10 Å². The maximum absolute atomic E-state index is 13.7. The second-order valence-corrected chi connectivity index (χ2v) is 4.12. The van der Waals surface area contributed by atoms with Gasteiger partial charge in [-0.05, 0) is 18.2 Å². The molecule has 1 heterocycles. The average Bonchev–Trinajstić information content (AvgIpc) is 2.35. The molecule has 0 fully saturated rings. The van der Waals surface area contributed by atoms with Crippen molar-refractivity contribution in [3.05, 3.63) is 46.9 Å². The number of hydrogen-bond donors (Lipinski definition) is 1. The summed E-state index contributed by atoms with van der Waals surface area (Å²) >= 11 is 10.5. The van der Waals surface area contributed by atoms with Gasteiger partial charge in [0.15, 0.2) is 11.6 Å². The minimum Gasteiger partial charge on any atom is -0.434 e. The summed E-state index contributed by atoms with van der Waals surface area (Å²) in [4.78, 5) is 0.0855. The van der Waals surface area contributed by atoms with E-state index >= 15 is 0 Å². The molecule has 0 unspecified atom stereocenters. The van der Waals surface area contributed by atoms with Crippen molar-refractivity contribution in [3.63, 3.8) is 0 Å². The number of thiocarbonyl (C=S) groups is 1. The third-order valence-corrected chi connectivity index (χ3v) is 2.59. The molecule has 1 aromatic carbocycles. The third-order valence-electron chi connectivity index (χ3n) is 2.08. The summed E-state index contributed by atoms with van der Waals surface area (Å²) in [5.74, 6) is -0.717. The lowest BCUT2D eigenvalue weighted by Crippen LogP contribution is -2.12. The van der Waals surface area contributed by atoms with Crippen LogP contribution in [0.4, 0.5) is 4.39 Å². The smallest absolute Gasteiger partial charge is 0.249 e. The monoisotopic (exact) mass is 283 g/mol. The molecule has 0 atom stereocenters. The van der Waals surface area contributed by atoms with Gasteiger partial charge in [0.05, 0.1) is 16.8 Å². The first-order valence-electron chi connectivity index (χ1n) is 4.83. The first-order chi connectivity index (χ1) is 8.59. The van der Waals surface area contributed by atoms with Crippen LogP contribution in [0, 0.1) is 5.82 Å². The topological polar surface area (TPSA) is 61.0 Å². The van der Waals surface area contributed by atoms with Crippen LogP contribution in [0.3, 0.4) is 0 Å². The highest BCUT2D eigenvalue weighted by Gasteiger charge is 2.13. The summed E-state index contributed by atoms with van der Waals surface area (Å²) < 4.78 is 18.9. The highest BCUT2D eigenvalue weighted by molar-refractivity contribution is 7.80. The van der Waals surface area contributed by atoms with Crippen LogP contribution in [0.5, 0.6) is 11.6 Å². The fraction of sp³-hybridized carbons (Fsp3) is 0. The summed E-state index contributed by atoms with van der Waals surface area (Å²) in [5.41, 5.74) is 5.87. The molecule has 18 heavy (non-hydrogen) atoms. The standard InChI is InChI=1S/C11H7ClFN3OS/c12-7-2-1-3-8(9(7)13)17-11-6(10(14)18)4-5-15-16-11/h1-5H,(H2,14,18). The van der Waals surface area contributed by atoms with Gasteiger partial charge in [-0.1, -0.05) is 29.9 Å². The quantitative estimate of drug-likeness (QED) is 0.878. The van der Waals surface area contributed by atoms with Gasteiger partial charge in [0.2, 0.25) is 5.88 Å². The Hall–Kier alpha value is -1.79. The molecule has 0 radical (unpaired) electrons. The Labute approximate surface area is 113 Å². The normalized spacial score (nSPS) is 10.1. The zero-order valence-electron chi connectivity index (χ0n) is 8.93. The van der Waals surface area contributed by atoms with Crippen LogP contribution in [0.15, 0.2) is 30.5 Å². The van der Waals surface area contributed by atoms with Gasteiger partial charge in [0.25, 0.3) is 0 Å². The Morgan fingerprint density at radius 2 is 2.17 bits per heavy atom. The molecule has 7 heteroatoms. The van der Waals surface area contributed by atoms with Gasteiger partial charge in [0, 0.05) is 0 Å². The van der Waals surface area contributed by atoms with Gasteiger partial charge in [-0.25, -0.2) is 4.39 Å². The number of benzene rings is 1. The lowest BCUT2D eigenvalue weighted by atomic mass is 10.3. The van der Waals surface area contributed by atoms with E-state index in [1.165, 1.54) is 24.4 Å². The zero-order valence-corrected chi connectivity index (χ0v) is 10.5. The third kappa shape index (κ3) is 2.55. The lowest BCUT2D eigenvalue weighted by molar-refractivity contribution is 0.421. The number of aromatic nitrogens is 2. The molecule has 1 aromatic heterocycles. The van der Waals surface area contributed by atoms with E-state index in [1.807, 2.05) is 0 Å². The van der Waals surface area contributed by atoms with E-state index in [0.29, 0.717) is 5.56 Å². The van der Waals surface area contributed by atoms with Crippen molar-refractivity contribution in [3.8, 4) is 11.6 Å². The first kappa shape index (κ1) is 12.7. The van der Waals surface area contributed by atoms with E-state index in [1.54, 1.807) is 6.07 Å². The van der Waals surface area contributed by atoms with Gasteiger partial charge < -0.3 is 10.5 Å². The van der Waals surface area contributed by atoms with E-state index in [0.717, 1.165) is 0 Å².